The molecule has 1 aromatic heterocycles. The first-order valence-corrected chi connectivity index (χ1v) is 6.01. The first-order chi connectivity index (χ1) is 7.86. The van der Waals surface area contributed by atoms with Gasteiger partial charge < -0.3 is 5.32 Å². The molecule has 0 fully saturated rings. The van der Waals surface area contributed by atoms with Gasteiger partial charge >= 0.3 is 0 Å². The van der Waals surface area contributed by atoms with E-state index in [4.69, 9.17) is 16.6 Å². The zero-order valence-electron chi connectivity index (χ0n) is 8.96. The third-order valence-electron chi connectivity index (χ3n) is 3.10. The molecule has 16 heavy (non-hydrogen) atoms. The molecule has 0 atom stereocenters. The molecule has 2 heterocycles. The number of nitrogens with zero attached hydrogens (tertiary/aromatic N) is 1. The Morgan fingerprint density at radius 3 is 2.88 bits per heavy atom. The summed E-state index contributed by atoms with van der Waals surface area (Å²) in [6.45, 7) is 1.99. The number of benzene rings is 1. The van der Waals surface area contributed by atoms with Crippen LogP contribution in [-0.4, -0.2) is 18.1 Å². The Kier molecular flexibility index (Phi) is 2.54. The van der Waals surface area contributed by atoms with Crippen LogP contribution in [0.2, 0.25) is 5.02 Å². The van der Waals surface area contributed by atoms with Crippen molar-refractivity contribution in [1.82, 2.24) is 10.3 Å². The minimum atomic E-state index is 0.893. The van der Waals surface area contributed by atoms with Gasteiger partial charge in [-0.25, -0.2) is 0 Å². The van der Waals surface area contributed by atoms with Crippen LogP contribution in [-0.2, 0) is 12.8 Å². The molecule has 0 saturated carbocycles. The summed E-state index contributed by atoms with van der Waals surface area (Å²) >= 11 is 6.46. The van der Waals surface area contributed by atoms with Crippen molar-refractivity contribution in [3.8, 4) is 0 Å². The molecule has 1 aliphatic heterocycles. The summed E-state index contributed by atoms with van der Waals surface area (Å²) in [5, 5.41) is 5.34. The summed E-state index contributed by atoms with van der Waals surface area (Å²) in [5.74, 6) is 0. The predicted molar refractivity (Wildman–Crippen MR) is 67.0 cm³/mol. The predicted octanol–water partition coefficient (Wildman–Crippen LogP) is 2.58. The Labute approximate surface area is 99.6 Å². The van der Waals surface area contributed by atoms with Gasteiger partial charge in [-0.1, -0.05) is 29.8 Å². The van der Waals surface area contributed by atoms with Crippen LogP contribution in [0.4, 0.5) is 0 Å². The molecule has 0 unspecified atom stereocenters. The smallest absolute Gasteiger partial charge is 0.0720 e. The lowest BCUT2D eigenvalue weighted by Crippen LogP contribution is -2.16. The highest BCUT2D eigenvalue weighted by Gasteiger charge is 2.14. The highest BCUT2D eigenvalue weighted by atomic mass is 35.5. The Hall–Kier alpha value is -1.12. The van der Waals surface area contributed by atoms with Crippen molar-refractivity contribution in [2.75, 3.05) is 13.1 Å². The molecule has 2 nitrogen and oxygen atoms in total. The summed E-state index contributed by atoms with van der Waals surface area (Å²) in [6.07, 6.45) is 1.95. The highest BCUT2D eigenvalue weighted by molar-refractivity contribution is 6.36. The number of para-hydroxylation sites is 1. The lowest BCUT2D eigenvalue weighted by Gasteiger charge is -2.09. The lowest BCUT2D eigenvalue weighted by atomic mass is 10.1. The van der Waals surface area contributed by atoms with E-state index in [1.54, 1.807) is 0 Å². The second-order valence-electron chi connectivity index (χ2n) is 4.12. The van der Waals surface area contributed by atoms with E-state index < -0.39 is 0 Å². The fraction of sp³-hybridized carbons (Fsp3) is 0.308. The van der Waals surface area contributed by atoms with Gasteiger partial charge in [0.25, 0.3) is 0 Å². The largest absolute Gasteiger partial charge is 0.316 e. The molecule has 0 amide bonds. The zero-order chi connectivity index (χ0) is 11.0. The van der Waals surface area contributed by atoms with Crippen LogP contribution < -0.4 is 5.32 Å². The average Bonchev–Trinajstić information content (AvgIpc) is 2.55. The van der Waals surface area contributed by atoms with Crippen molar-refractivity contribution in [3.63, 3.8) is 0 Å². The molecule has 0 aliphatic carbocycles. The molecule has 0 spiro atoms. The Morgan fingerprint density at radius 2 is 1.94 bits per heavy atom. The molecule has 1 aliphatic rings. The van der Waals surface area contributed by atoms with Crippen molar-refractivity contribution in [3.05, 3.63) is 40.5 Å². The van der Waals surface area contributed by atoms with E-state index in [1.165, 1.54) is 5.56 Å². The molecule has 3 rings (SSSR count). The van der Waals surface area contributed by atoms with Gasteiger partial charge in [0.15, 0.2) is 0 Å². The molecule has 2 aromatic rings. The molecular formula is C13H13ClN2. The molecule has 0 bridgehead atoms. The van der Waals surface area contributed by atoms with Crippen molar-refractivity contribution in [2.45, 2.75) is 12.8 Å². The standard InChI is InChI=1S/C13H13ClN2/c14-13-9-3-1-2-4-11(9)16-12-6-8-15-7-5-10(12)13/h1-4,15H,5-8H2. The molecule has 1 N–H and O–H groups in total. The van der Waals surface area contributed by atoms with Crippen LogP contribution in [0, 0.1) is 0 Å². The second-order valence-corrected chi connectivity index (χ2v) is 4.50. The number of aromatic nitrogens is 1. The fourth-order valence-corrected chi connectivity index (χ4v) is 2.63. The maximum Gasteiger partial charge on any atom is 0.0720 e. The van der Waals surface area contributed by atoms with Gasteiger partial charge in [-0.15, -0.1) is 0 Å². The summed E-state index contributed by atoms with van der Waals surface area (Å²) in [4.78, 5) is 4.71. The summed E-state index contributed by atoms with van der Waals surface area (Å²) in [7, 11) is 0. The lowest BCUT2D eigenvalue weighted by molar-refractivity contribution is 0.708. The number of nitrogens with one attached hydrogen (secondary N) is 1. The van der Waals surface area contributed by atoms with Gasteiger partial charge in [-0.05, 0) is 24.6 Å². The van der Waals surface area contributed by atoms with E-state index in [0.29, 0.717) is 0 Å². The number of hydrogen-bond donors (Lipinski definition) is 1. The SMILES string of the molecule is Clc1c2c(nc3ccccc13)CCNCC2. The molecule has 0 radical (unpaired) electrons. The van der Waals surface area contributed by atoms with E-state index in [0.717, 1.165) is 47.6 Å². The van der Waals surface area contributed by atoms with Crippen molar-refractivity contribution in [1.29, 1.82) is 0 Å². The van der Waals surface area contributed by atoms with Crippen LogP contribution in [0.25, 0.3) is 10.9 Å². The average molecular weight is 233 g/mol. The summed E-state index contributed by atoms with van der Waals surface area (Å²) in [6, 6.07) is 8.09. The van der Waals surface area contributed by atoms with E-state index in [-0.39, 0.29) is 0 Å². The minimum absolute atomic E-state index is 0.893. The maximum absolute atomic E-state index is 6.46. The van der Waals surface area contributed by atoms with Gasteiger partial charge in [0.2, 0.25) is 0 Å². The number of hydrogen-bond acceptors (Lipinski definition) is 2. The van der Waals surface area contributed by atoms with Gasteiger partial charge in [0.05, 0.1) is 10.5 Å². The zero-order valence-corrected chi connectivity index (χ0v) is 9.72. The Balaban J connectivity index is 2.29. The van der Waals surface area contributed by atoms with Gasteiger partial charge in [0, 0.05) is 24.0 Å². The Bertz CT molecular complexity index is 537. The number of halogens is 1. The van der Waals surface area contributed by atoms with Crippen molar-refractivity contribution < 1.29 is 0 Å². The molecule has 0 saturated heterocycles. The summed E-state index contributed by atoms with van der Waals surface area (Å²) in [5.41, 5.74) is 3.40. The highest BCUT2D eigenvalue weighted by Crippen LogP contribution is 2.29. The van der Waals surface area contributed by atoms with E-state index in [2.05, 4.69) is 5.32 Å². The third kappa shape index (κ3) is 1.58. The summed E-state index contributed by atoms with van der Waals surface area (Å²) < 4.78 is 0. The first kappa shape index (κ1) is 10.1. The van der Waals surface area contributed by atoms with Gasteiger partial charge in [-0.2, -0.15) is 0 Å². The quantitative estimate of drug-likeness (QED) is 0.755. The number of rotatable bonds is 0. The van der Waals surface area contributed by atoms with E-state index in [9.17, 15) is 0 Å². The first-order valence-electron chi connectivity index (χ1n) is 5.63. The van der Waals surface area contributed by atoms with Crippen LogP contribution >= 0.6 is 11.6 Å². The maximum atomic E-state index is 6.46. The van der Waals surface area contributed by atoms with Crippen LogP contribution in [0.15, 0.2) is 24.3 Å². The normalized spacial score (nSPS) is 15.8. The fourth-order valence-electron chi connectivity index (χ4n) is 2.26. The Morgan fingerprint density at radius 1 is 1.12 bits per heavy atom. The molecule has 3 heteroatoms. The third-order valence-corrected chi connectivity index (χ3v) is 3.53. The van der Waals surface area contributed by atoms with Crippen LogP contribution in [0.3, 0.4) is 0 Å². The van der Waals surface area contributed by atoms with Gasteiger partial charge in [-0.3, -0.25) is 4.98 Å². The van der Waals surface area contributed by atoms with Crippen molar-refractivity contribution >= 4 is 22.5 Å². The second kappa shape index (κ2) is 4.04. The number of fused-ring (bicyclic) bond motifs is 2. The van der Waals surface area contributed by atoms with E-state index in [1.807, 2.05) is 24.3 Å². The molecular weight excluding hydrogens is 220 g/mol. The molecule has 82 valence electrons. The van der Waals surface area contributed by atoms with Crippen LogP contribution in [0.5, 0.6) is 0 Å². The van der Waals surface area contributed by atoms with Gasteiger partial charge in [0.1, 0.15) is 0 Å². The van der Waals surface area contributed by atoms with Crippen molar-refractivity contribution in [2.24, 2.45) is 0 Å². The van der Waals surface area contributed by atoms with Crippen LogP contribution in [0.1, 0.15) is 11.3 Å². The topological polar surface area (TPSA) is 24.9 Å². The molecule has 1 aromatic carbocycles. The van der Waals surface area contributed by atoms with E-state index >= 15 is 0 Å². The minimum Gasteiger partial charge on any atom is -0.316 e. The monoisotopic (exact) mass is 232 g/mol. The number of pyridine rings is 1.